The van der Waals surface area contributed by atoms with Crippen LogP contribution in [0.5, 0.6) is 0 Å². The Morgan fingerprint density at radius 3 is 2.73 bits per heavy atom. The average Bonchev–Trinajstić information content (AvgIpc) is 2.79. The summed E-state index contributed by atoms with van der Waals surface area (Å²) < 4.78 is 12.5. The molecular weight excluding hydrogens is 378 g/mol. The predicted molar refractivity (Wildman–Crippen MR) is 115 cm³/mol. The van der Waals surface area contributed by atoms with Crippen LogP contribution < -0.4 is 0 Å². The molecule has 5 heteroatoms. The number of fused-ring (bicyclic) bond motifs is 1. The van der Waals surface area contributed by atoms with Crippen LogP contribution in [0.2, 0.25) is 0 Å². The van der Waals surface area contributed by atoms with E-state index in [9.17, 15) is 4.79 Å². The molecule has 1 fully saturated rings. The second-order valence-corrected chi connectivity index (χ2v) is 7.51. The van der Waals surface area contributed by atoms with Crippen LogP contribution in [0.15, 0.2) is 79.1 Å². The highest BCUT2D eigenvalue weighted by Gasteiger charge is 2.33. The van der Waals surface area contributed by atoms with Crippen molar-refractivity contribution in [3.63, 3.8) is 0 Å². The first-order valence-electron chi connectivity index (χ1n) is 10.2. The van der Waals surface area contributed by atoms with Crippen molar-refractivity contribution in [3.8, 4) is 0 Å². The van der Waals surface area contributed by atoms with E-state index in [-0.39, 0.29) is 18.4 Å². The number of aromatic nitrogens is 1. The fourth-order valence-corrected chi connectivity index (χ4v) is 3.79. The standard InChI is InChI=1S/C25H25NO4/c27-23(28)11-3-1-2-9-22-17-29-25(30-24(22)21-10-6-14-26-16-21)20-13-12-18-7-4-5-8-19(18)15-20/h1-2,4-8,10,12-16,22,24-25H,3,9,11,17H2,(H,27,28)/b2-1-/t22-,24-,25+/m0/s1. The second-order valence-electron chi connectivity index (χ2n) is 7.51. The monoisotopic (exact) mass is 403 g/mol. The summed E-state index contributed by atoms with van der Waals surface area (Å²) in [6, 6.07) is 18.4. The molecule has 1 aliphatic rings. The third-order valence-electron chi connectivity index (χ3n) is 5.35. The number of pyridine rings is 1. The van der Waals surface area contributed by atoms with Crippen LogP contribution in [0, 0.1) is 5.92 Å². The lowest BCUT2D eigenvalue weighted by atomic mass is 9.92. The number of aliphatic carboxylic acids is 1. The first-order valence-corrected chi connectivity index (χ1v) is 10.2. The maximum atomic E-state index is 10.7. The Hall–Kier alpha value is -3.02. The quantitative estimate of drug-likeness (QED) is 0.531. The molecule has 2 heterocycles. The molecule has 3 aromatic rings. The van der Waals surface area contributed by atoms with Crippen molar-refractivity contribution in [1.82, 2.24) is 4.98 Å². The Bertz CT molecular complexity index is 1020. The Labute approximate surface area is 176 Å². The van der Waals surface area contributed by atoms with E-state index in [4.69, 9.17) is 14.6 Å². The van der Waals surface area contributed by atoms with Gasteiger partial charge in [-0.25, -0.2) is 0 Å². The first kappa shape index (κ1) is 20.3. The van der Waals surface area contributed by atoms with Gasteiger partial charge < -0.3 is 14.6 Å². The van der Waals surface area contributed by atoms with Crippen molar-refractivity contribution in [2.75, 3.05) is 6.61 Å². The fourth-order valence-electron chi connectivity index (χ4n) is 3.79. The van der Waals surface area contributed by atoms with E-state index >= 15 is 0 Å². The summed E-state index contributed by atoms with van der Waals surface area (Å²) in [4.78, 5) is 14.9. The van der Waals surface area contributed by atoms with Gasteiger partial charge in [-0.2, -0.15) is 0 Å². The molecule has 5 nitrogen and oxygen atoms in total. The molecule has 154 valence electrons. The van der Waals surface area contributed by atoms with Crippen LogP contribution in [0.1, 0.15) is 42.8 Å². The van der Waals surface area contributed by atoms with Gasteiger partial charge in [-0.3, -0.25) is 9.78 Å². The molecule has 1 aromatic heterocycles. The van der Waals surface area contributed by atoms with E-state index in [2.05, 4.69) is 35.3 Å². The van der Waals surface area contributed by atoms with Crippen molar-refractivity contribution in [2.24, 2.45) is 5.92 Å². The molecule has 1 saturated heterocycles. The Balaban J connectivity index is 1.51. The van der Waals surface area contributed by atoms with E-state index in [1.165, 1.54) is 5.39 Å². The summed E-state index contributed by atoms with van der Waals surface area (Å²) in [5.41, 5.74) is 2.02. The molecule has 0 amide bonds. The fraction of sp³-hybridized carbons (Fsp3) is 0.280. The van der Waals surface area contributed by atoms with Crippen LogP contribution >= 0.6 is 0 Å². The number of rotatable bonds is 7. The van der Waals surface area contributed by atoms with Gasteiger partial charge >= 0.3 is 5.97 Å². The number of nitrogens with zero attached hydrogens (tertiary/aromatic N) is 1. The Morgan fingerprint density at radius 1 is 1.07 bits per heavy atom. The van der Waals surface area contributed by atoms with Crippen molar-refractivity contribution in [1.29, 1.82) is 0 Å². The lowest BCUT2D eigenvalue weighted by Gasteiger charge is -2.36. The topological polar surface area (TPSA) is 68.7 Å². The zero-order valence-electron chi connectivity index (χ0n) is 16.7. The highest BCUT2D eigenvalue weighted by Crippen LogP contribution is 2.40. The number of hydrogen-bond acceptors (Lipinski definition) is 4. The smallest absolute Gasteiger partial charge is 0.303 e. The van der Waals surface area contributed by atoms with Crippen molar-refractivity contribution >= 4 is 16.7 Å². The van der Waals surface area contributed by atoms with Gasteiger partial charge in [0, 0.05) is 30.3 Å². The molecule has 0 spiro atoms. The van der Waals surface area contributed by atoms with Gasteiger partial charge in [0.15, 0.2) is 6.29 Å². The minimum absolute atomic E-state index is 0.131. The minimum Gasteiger partial charge on any atom is -0.481 e. The number of ether oxygens (including phenoxy) is 2. The lowest BCUT2D eigenvalue weighted by Crippen LogP contribution is -2.30. The van der Waals surface area contributed by atoms with Crippen LogP contribution in [0.25, 0.3) is 10.8 Å². The molecular formula is C25H25NO4. The largest absolute Gasteiger partial charge is 0.481 e. The van der Waals surface area contributed by atoms with Gasteiger partial charge in [0.25, 0.3) is 0 Å². The Kier molecular flexibility index (Phi) is 6.52. The molecule has 30 heavy (non-hydrogen) atoms. The van der Waals surface area contributed by atoms with Gasteiger partial charge in [-0.1, -0.05) is 54.6 Å². The van der Waals surface area contributed by atoms with E-state index < -0.39 is 12.3 Å². The van der Waals surface area contributed by atoms with E-state index in [0.717, 1.165) is 22.9 Å². The van der Waals surface area contributed by atoms with Crippen molar-refractivity contribution in [3.05, 3.63) is 90.3 Å². The summed E-state index contributed by atoms with van der Waals surface area (Å²) in [5.74, 6) is -0.651. The first-order chi connectivity index (χ1) is 14.7. The van der Waals surface area contributed by atoms with Crippen LogP contribution in [0.3, 0.4) is 0 Å². The van der Waals surface area contributed by atoms with Crippen LogP contribution in [-0.4, -0.2) is 22.7 Å². The van der Waals surface area contributed by atoms with Gasteiger partial charge in [-0.15, -0.1) is 0 Å². The number of hydrogen-bond donors (Lipinski definition) is 1. The highest BCUT2D eigenvalue weighted by molar-refractivity contribution is 5.83. The van der Waals surface area contributed by atoms with Gasteiger partial charge in [-0.05, 0) is 41.3 Å². The maximum Gasteiger partial charge on any atom is 0.303 e. The molecule has 0 bridgehead atoms. The number of carboxylic acids is 1. The molecule has 1 aliphatic heterocycles. The number of carboxylic acid groups (broad SMARTS) is 1. The second kappa shape index (κ2) is 9.65. The predicted octanol–water partition coefficient (Wildman–Crippen LogP) is 5.45. The molecule has 4 rings (SSSR count). The highest BCUT2D eigenvalue weighted by atomic mass is 16.7. The summed E-state index contributed by atoms with van der Waals surface area (Å²) in [6.45, 7) is 0.556. The number of benzene rings is 2. The Morgan fingerprint density at radius 2 is 1.93 bits per heavy atom. The third-order valence-corrected chi connectivity index (χ3v) is 5.35. The zero-order chi connectivity index (χ0) is 20.8. The molecule has 1 N–H and O–H groups in total. The summed E-state index contributed by atoms with van der Waals surface area (Å²) in [7, 11) is 0. The van der Waals surface area contributed by atoms with Crippen LogP contribution in [0.4, 0.5) is 0 Å². The SMILES string of the molecule is O=C(O)CC/C=C\C[C@H]1CO[C@@H](c2ccc3ccccc3c2)O[C@H]1c1cccnc1. The summed E-state index contributed by atoms with van der Waals surface area (Å²) in [5, 5.41) is 11.1. The minimum atomic E-state index is -0.782. The number of allylic oxidation sites excluding steroid dienone is 2. The normalized spacial score (nSPS) is 21.8. The molecule has 0 radical (unpaired) electrons. The summed E-state index contributed by atoms with van der Waals surface area (Å²) >= 11 is 0. The molecule has 2 aromatic carbocycles. The van der Waals surface area contributed by atoms with Crippen molar-refractivity contribution < 1.29 is 19.4 Å². The molecule has 0 unspecified atom stereocenters. The van der Waals surface area contributed by atoms with Gasteiger partial charge in [0.2, 0.25) is 0 Å². The van der Waals surface area contributed by atoms with E-state index in [1.807, 2.05) is 42.6 Å². The van der Waals surface area contributed by atoms with Gasteiger partial charge in [0.05, 0.1) is 12.7 Å². The van der Waals surface area contributed by atoms with Gasteiger partial charge in [0.1, 0.15) is 0 Å². The molecule has 0 aliphatic carbocycles. The molecule has 0 saturated carbocycles. The van der Waals surface area contributed by atoms with Crippen LogP contribution in [-0.2, 0) is 14.3 Å². The average molecular weight is 403 g/mol. The maximum absolute atomic E-state index is 10.7. The lowest BCUT2D eigenvalue weighted by molar-refractivity contribution is -0.243. The molecule has 3 atom stereocenters. The third kappa shape index (κ3) is 4.93. The zero-order valence-corrected chi connectivity index (χ0v) is 16.7. The summed E-state index contributed by atoms with van der Waals surface area (Å²) in [6.07, 6.45) is 8.39. The number of carbonyl (C=O) groups is 1. The van der Waals surface area contributed by atoms with E-state index in [1.54, 1.807) is 6.20 Å². The van der Waals surface area contributed by atoms with E-state index in [0.29, 0.717) is 13.0 Å². The van der Waals surface area contributed by atoms with Crippen molar-refractivity contribution in [2.45, 2.75) is 31.7 Å².